The van der Waals surface area contributed by atoms with Crippen LogP contribution in [0.3, 0.4) is 0 Å². The molecule has 3 heterocycles. The SMILES string of the molecule is Cc1cccc(NC(=O)N2CCC(C(=O)NCC(=O)N3CCc4sccc4C3)CC2)c1. The molecule has 0 spiro atoms. The molecule has 1 aromatic heterocycles. The number of nitrogens with one attached hydrogen (secondary N) is 2. The highest BCUT2D eigenvalue weighted by Crippen LogP contribution is 2.24. The molecule has 1 aromatic carbocycles. The number of fused-ring (bicyclic) bond motifs is 1. The van der Waals surface area contributed by atoms with Crippen molar-refractivity contribution in [1.29, 1.82) is 0 Å². The van der Waals surface area contributed by atoms with E-state index in [0.717, 1.165) is 17.7 Å². The van der Waals surface area contributed by atoms with Crippen molar-refractivity contribution in [1.82, 2.24) is 15.1 Å². The van der Waals surface area contributed by atoms with Gasteiger partial charge in [-0.15, -0.1) is 11.3 Å². The van der Waals surface area contributed by atoms with E-state index in [9.17, 15) is 14.4 Å². The van der Waals surface area contributed by atoms with E-state index in [1.807, 2.05) is 36.1 Å². The van der Waals surface area contributed by atoms with Crippen molar-refractivity contribution in [2.75, 3.05) is 31.5 Å². The number of anilines is 1. The molecule has 164 valence electrons. The molecule has 4 amide bonds. The van der Waals surface area contributed by atoms with Gasteiger partial charge in [0, 0.05) is 42.7 Å². The maximum atomic E-state index is 12.5. The average Bonchev–Trinajstić information content (AvgIpc) is 3.25. The minimum absolute atomic E-state index is 0.0341. The second kappa shape index (κ2) is 9.51. The van der Waals surface area contributed by atoms with Gasteiger partial charge in [-0.05, 0) is 60.9 Å². The van der Waals surface area contributed by atoms with Crippen LogP contribution >= 0.6 is 11.3 Å². The molecule has 2 N–H and O–H groups in total. The summed E-state index contributed by atoms with van der Waals surface area (Å²) in [5.41, 5.74) is 3.07. The van der Waals surface area contributed by atoms with Crippen LogP contribution in [0.4, 0.5) is 10.5 Å². The molecule has 2 aromatic rings. The fourth-order valence-corrected chi connectivity index (χ4v) is 5.04. The number of rotatable bonds is 4. The summed E-state index contributed by atoms with van der Waals surface area (Å²) < 4.78 is 0. The molecule has 4 rings (SSSR count). The van der Waals surface area contributed by atoms with E-state index in [0.29, 0.717) is 39.0 Å². The van der Waals surface area contributed by atoms with Crippen LogP contribution in [0.5, 0.6) is 0 Å². The standard InChI is InChI=1S/C23H28N4O3S/c1-16-3-2-4-19(13-16)25-23(30)26-9-5-17(6-10-26)22(29)24-14-21(28)27-11-7-20-18(15-27)8-12-31-20/h2-4,8,12-13,17H,5-7,9-11,14-15H2,1H3,(H,24,29)(H,25,30). The first-order valence-corrected chi connectivity index (χ1v) is 11.6. The van der Waals surface area contributed by atoms with Gasteiger partial charge in [0.15, 0.2) is 0 Å². The molecule has 2 aliphatic rings. The van der Waals surface area contributed by atoms with Crippen LogP contribution in [-0.2, 0) is 22.6 Å². The smallest absolute Gasteiger partial charge is 0.321 e. The summed E-state index contributed by atoms with van der Waals surface area (Å²) in [4.78, 5) is 42.4. The Hall–Kier alpha value is -2.87. The Morgan fingerprint density at radius 1 is 1.10 bits per heavy atom. The van der Waals surface area contributed by atoms with E-state index in [1.165, 1.54) is 10.4 Å². The number of thiophene rings is 1. The van der Waals surface area contributed by atoms with Gasteiger partial charge in [-0.2, -0.15) is 0 Å². The summed E-state index contributed by atoms with van der Waals surface area (Å²) in [5, 5.41) is 7.79. The lowest BCUT2D eigenvalue weighted by Gasteiger charge is -2.31. The summed E-state index contributed by atoms with van der Waals surface area (Å²) in [7, 11) is 0. The second-order valence-corrected chi connectivity index (χ2v) is 9.21. The van der Waals surface area contributed by atoms with Crippen LogP contribution < -0.4 is 10.6 Å². The predicted molar refractivity (Wildman–Crippen MR) is 121 cm³/mol. The Morgan fingerprint density at radius 3 is 2.68 bits per heavy atom. The number of amides is 4. The first-order valence-electron chi connectivity index (χ1n) is 10.7. The highest BCUT2D eigenvalue weighted by atomic mass is 32.1. The average molecular weight is 441 g/mol. The van der Waals surface area contributed by atoms with Gasteiger partial charge >= 0.3 is 6.03 Å². The van der Waals surface area contributed by atoms with Gasteiger partial charge < -0.3 is 20.4 Å². The topological polar surface area (TPSA) is 81.8 Å². The maximum absolute atomic E-state index is 12.5. The van der Waals surface area contributed by atoms with Gasteiger partial charge in [0.1, 0.15) is 0 Å². The number of urea groups is 1. The number of hydrogen-bond donors (Lipinski definition) is 2. The number of aryl methyl sites for hydroxylation is 1. The maximum Gasteiger partial charge on any atom is 0.321 e. The summed E-state index contributed by atoms with van der Waals surface area (Å²) in [6, 6.07) is 9.61. The Balaban J connectivity index is 1.19. The molecule has 0 aliphatic carbocycles. The summed E-state index contributed by atoms with van der Waals surface area (Å²) in [6.45, 7) is 4.40. The van der Waals surface area contributed by atoms with E-state index in [2.05, 4.69) is 22.1 Å². The quantitative estimate of drug-likeness (QED) is 0.767. The first kappa shape index (κ1) is 21.4. The fourth-order valence-electron chi connectivity index (χ4n) is 4.15. The molecule has 0 bridgehead atoms. The van der Waals surface area contributed by atoms with Crippen LogP contribution in [0, 0.1) is 12.8 Å². The first-order chi connectivity index (χ1) is 15.0. The zero-order valence-electron chi connectivity index (χ0n) is 17.7. The van der Waals surface area contributed by atoms with Crippen molar-refractivity contribution in [2.24, 2.45) is 5.92 Å². The number of carbonyl (C=O) groups is 3. The van der Waals surface area contributed by atoms with Crippen LogP contribution in [0.1, 0.15) is 28.8 Å². The Bertz CT molecular complexity index is 965. The van der Waals surface area contributed by atoms with E-state index in [4.69, 9.17) is 0 Å². The van der Waals surface area contributed by atoms with Gasteiger partial charge in [-0.3, -0.25) is 9.59 Å². The Kier molecular flexibility index (Phi) is 6.56. The molecule has 8 heteroatoms. The zero-order chi connectivity index (χ0) is 21.8. The third-order valence-electron chi connectivity index (χ3n) is 6.00. The number of carbonyl (C=O) groups excluding carboxylic acids is 3. The van der Waals surface area contributed by atoms with E-state index in [1.54, 1.807) is 16.2 Å². The molecular weight excluding hydrogens is 412 g/mol. The van der Waals surface area contributed by atoms with Crippen molar-refractivity contribution >= 4 is 34.9 Å². The van der Waals surface area contributed by atoms with Gasteiger partial charge in [-0.1, -0.05) is 12.1 Å². The van der Waals surface area contributed by atoms with Gasteiger partial charge in [-0.25, -0.2) is 4.79 Å². The number of piperidine rings is 1. The van der Waals surface area contributed by atoms with Crippen molar-refractivity contribution in [3.63, 3.8) is 0 Å². The molecule has 0 radical (unpaired) electrons. The minimum atomic E-state index is -0.166. The van der Waals surface area contributed by atoms with Crippen molar-refractivity contribution in [3.05, 3.63) is 51.7 Å². The number of benzene rings is 1. The van der Waals surface area contributed by atoms with Crippen LogP contribution in [-0.4, -0.2) is 53.8 Å². The van der Waals surface area contributed by atoms with E-state index < -0.39 is 0 Å². The van der Waals surface area contributed by atoms with Crippen LogP contribution in [0.2, 0.25) is 0 Å². The molecule has 7 nitrogen and oxygen atoms in total. The molecule has 0 saturated carbocycles. The number of hydrogen-bond acceptors (Lipinski definition) is 4. The van der Waals surface area contributed by atoms with Crippen molar-refractivity contribution in [3.8, 4) is 0 Å². The molecular formula is C23H28N4O3S. The predicted octanol–water partition coefficient (Wildman–Crippen LogP) is 3.00. The lowest BCUT2D eigenvalue weighted by atomic mass is 9.96. The molecule has 0 atom stereocenters. The molecule has 0 unspecified atom stereocenters. The Labute approximate surface area is 186 Å². The summed E-state index contributed by atoms with van der Waals surface area (Å²) >= 11 is 1.74. The third kappa shape index (κ3) is 5.25. The lowest BCUT2D eigenvalue weighted by molar-refractivity contribution is -0.135. The van der Waals surface area contributed by atoms with E-state index in [-0.39, 0.29) is 30.3 Å². The van der Waals surface area contributed by atoms with Gasteiger partial charge in [0.05, 0.1) is 6.54 Å². The van der Waals surface area contributed by atoms with Crippen LogP contribution in [0.25, 0.3) is 0 Å². The highest BCUT2D eigenvalue weighted by molar-refractivity contribution is 7.10. The van der Waals surface area contributed by atoms with Gasteiger partial charge in [0.25, 0.3) is 0 Å². The van der Waals surface area contributed by atoms with Gasteiger partial charge in [0.2, 0.25) is 11.8 Å². The minimum Gasteiger partial charge on any atom is -0.347 e. The van der Waals surface area contributed by atoms with Crippen LogP contribution in [0.15, 0.2) is 35.7 Å². The second-order valence-electron chi connectivity index (χ2n) is 8.21. The zero-order valence-corrected chi connectivity index (χ0v) is 18.5. The number of nitrogens with zero attached hydrogens (tertiary/aromatic N) is 2. The normalized spacial score (nSPS) is 16.5. The Morgan fingerprint density at radius 2 is 1.90 bits per heavy atom. The van der Waals surface area contributed by atoms with Crippen molar-refractivity contribution in [2.45, 2.75) is 32.7 Å². The number of likely N-dealkylation sites (tertiary alicyclic amines) is 1. The molecule has 1 fully saturated rings. The summed E-state index contributed by atoms with van der Waals surface area (Å²) in [5.74, 6) is -0.304. The summed E-state index contributed by atoms with van der Waals surface area (Å²) in [6.07, 6.45) is 2.09. The molecule has 1 saturated heterocycles. The largest absolute Gasteiger partial charge is 0.347 e. The highest BCUT2D eigenvalue weighted by Gasteiger charge is 2.28. The lowest BCUT2D eigenvalue weighted by Crippen LogP contribution is -2.47. The molecule has 31 heavy (non-hydrogen) atoms. The third-order valence-corrected chi connectivity index (χ3v) is 7.02. The molecule has 2 aliphatic heterocycles. The fraction of sp³-hybridized carbons (Fsp3) is 0.435. The monoisotopic (exact) mass is 440 g/mol. The van der Waals surface area contributed by atoms with Crippen molar-refractivity contribution < 1.29 is 14.4 Å². The van der Waals surface area contributed by atoms with E-state index >= 15 is 0 Å².